The lowest BCUT2D eigenvalue weighted by molar-refractivity contribution is -0.170. The molecule has 1 aromatic carbocycles. The van der Waals surface area contributed by atoms with Crippen molar-refractivity contribution in [1.82, 2.24) is 0 Å². The van der Waals surface area contributed by atoms with Crippen LogP contribution in [0.3, 0.4) is 0 Å². The topological polar surface area (TPSA) is 82.1 Å². The molecule has 1 aliphatic heterocycles. The fraction of sp³-hybridized carbons (Fsp3) is 0.522. The first kappa shape index (κ1) is 26.2. The molecule has 1 amide bonds. The number of fused-ring (bicyclic) bond motifs is 1. The van der Waals surface area contributed by atoms with E-state index in [1.54, 1.807) is 33.8 Å². The van der Waals surface area contributed by atoms with Gasteiger partial charge in [0.05, 0.1) is 24.5 Å². The van der Waals surface area contributed by atoms with Crippen LogP contribution < -0.4 is 9.64 Å². The van der Waals surface area contributed by atoms with Crippen molar-refractivity contribution in [2.24, 2.45) is 0 Å². The van der Waals surface area contributed by atoms with Gasteiger partial charge in [-0.25, -0.2) is 4.79 Å². The molecule has 0 saturated heterocycles. The fourth-order valence-corrected chi connectivity index (χ4v) is 3.69. The second-order valence-corrected chi connectivity index (χ2v) is 8.07. The van der Waals surface area contributed by atoms with Gasteiger partial charge in [-0.05, 0) is 46.1 Å². The van der Waals surface area contributed by atoms with Crippen LogP contribution in [0.1, 0.15) is 60.7 Å². The van der Waals surface area contributed by atoms with E-state index in [4.69, 9.17) is 14.2 Å². The van der Waals surface area contributed by atoms with Crippen LogP contribution in [0.15, 0.2) is 11.6 Å². The van der Waals surface area contributed by atoms with Crippen LogP contribution in [0.25, 0.3) is 0 Å². The number of carbonyl (C=O) groups is 3. The summed E-state index contributed by atoms with van der Waals surface area (Å²) in [5.41, 5.74) is 1.70. The molecule has 2 rings (SSSR count). The number of methoxy groups -OCH3 is 1. The number of esters is 2. The Bertz CT molecular complexity index is 982. The van der Waals surface area contributed by atoms with Gasteiger partial charge in [0.15, 0.2) is 0 Å². The molecular formula is C23H28F3NO6. The van der Waals surface area contributed by atoms with Crippen molar-refractivity contribution in [2.75, 3.05) is 19.1 Å². The van der Waals surface area contributed by atoms with Gasteiger partial charge in [-0.2, -0.15) is 13.2 Å². The summed E-state index contributed by atoms with van der Waals surface area (Å²) in [6.07, 6.45) is -3.05. The van der Waals surface area contributed by atoms with Crippen LogP contribution in [0.2, 0.25) is 0 Å². The number of alkyl halides is 3. The Balaban J connectivity index is 2.51. The van der Waals surface area contributed by atoms with Crippen molar-refractivity contribution in [3.63, 3.8) is 0 Å². The van der Waals surface area contributed by atoms with Crippen molar-refractivity contribution in [2.45, 2.75) is 65.8 Å². The predicted molar refractivity (Wildman–Crippen MR) is 114 cm³/mol. The number of hydrogen-bond acceptors (Lipinski definition) is 6. The summed E-state index contributed by atoms with van der Waals surface area (Å²) in [6, 6.07) is 0. The van der Waals surface area contributed by atoms with Crippen molar-refractivity contribution < 1.29 is 41.8 Å². The number of hydrogen-bond donors (Lipinski definition) is 0. The van der Waals surface area contributed by atoms with Crippen molar-refractivity contribution >= 4 is 23.5 Å². The molecule has 0 unspecified atom stereocenters. The first-order valence-electron chi connectivity index (χ1n) is 10.4. The summed E-state index contributed by atoms with van der Waals surface area (Å²) in [4.78, 5) is 36.7. The molecule has 1 aromatic rings. The number of carbonyl (C=O) groups excluding carboxylic acids is 3. The van der Waals surface area contributed by atoms with Gasteiger partial charge in [0, 0.05) is 24.6 Å². The minimum Gasteiger partial charge on any atom is -0.496 e. The molecule has 0 atom stereocenters. The highest BCUT2D eigenvalue weighted by molar-refractivity contribution is 6.07. The van der Waals surface area contributed by atoms with E-state index in [0.717, 1.165) is 12.6 Å². The van der Waals surface area contributed by atoms with Crippen LogP contribution in [0, 0.1) is 6.92 Å². The molecule has 1 heterocycles. The predicted octanol–water partition coefficient (Wildman–Crippen LogP) is 4.42. The van der Waals surface area contributed by atoms with E-state index in [-0.39, 0.29) is 54.1 Å². The van der Waals surface area contributed by atoms with Crippen molar-refractivity contribution in [1.29, 1.82) is 0 Å². The first-order chi connectivity index (χ1) is 15.3. The van der Waals surface area contributed by atoms with E-state index in [9.17, 15) is 27.6 Å². The van der Waals surface area contributed by atoms with Crippen molar-refractivity contribution in [3.8, 4) is 5.75 Å². The highest BCUT2D eigenvalue weighted by Crippen LogP contribution is 2.43. The molecule has 0 radical (unpaired) electrons. The maximum atomic E-state index is 13.2. The number of cyclic esters (lactones) is 1. The van der Waals surface area contributed by atoms with Gasteiger partial charge in [-0.15, -0.1) is 0 Å². The third kappa shape index (κ3) is 5.85. The first-order valence-corrected chi connectivity index (χ1v) is 10.4. The van der Waals surface area contributed by atoms with Gasteiger partial charge in [-0.1, -0.05) is 11.6 Å². The van der Waals surface area contributed by atoms with Gasteiger partial charge in [0.25, 0.3) is 0 Å². The summed E-state index contributed by atoms with van der Waals surface area (Å²) in [7, 11) is 2.33. The van der Waals surface area contributed by atoms with E-state index < -0.39 is 18.1 Å². The second-order valence-electron chi connectivity index (χ2n) is 8.07. The number of halogens is 3. The molecule has 0 spiro atoms. The second kappa shape index (κ2) is 10.3. The number of rotatable bonds is 8. The lowest BCUT2D eigenvalue weighted by atomic mass is 9.92. The van der Waals surface area contributed by atoms with Crippen molar-refractivity contribution in [3.05, 3.63) is 33.9 Å². The Morgan fingerprint density at radius 3 is 2.42 bits per heavy atom. The fourth-order valence-electron chi connectivity index (χ4n) is 3.69. The van der Waals surface area contributed by atoms with Gasteiger partial charge >= 0.3 is 24.0 Å². The van der Waals surface area contributed by atoms with E-state index in [1.165, 1.54) is 7.11 Å². The zero-order valence-electron chi connectivity index (χ0n) is 19.5. The van der Waals surface area contributed by atoms with Gasteiger partial charge in [-0.3, -0.25) is 9.59 Å². The minimum atomic E-state index is -5.14. The normalized spacial score (nSPS) is 13.6. The lowest BCUT2D eigenvalue weighted by Gasteiger charge is -2.26. The van der Waals surface area contributed by atoms with Crippen LogP contribution in [0.5, 0.6) is 5.75 Å². The summed E-state index contributed by atoms with van der Waals surface area (Å²) < 4.78 is 55.3. The van der Waals surface area contributed by atoms with Crippen LogP contribution in [0.4, 0.5) is 18.9 Å². The summed E-state index contributed by atoms with van der Waals surface area (Å²) >= 11 is 0. The third-order valence-corrected chi connectivity index (χ3v) is 5.28. The highest BCUT2D eigenvalue weighted by atomic mass is 19.4. The maximum absolute atomic E-state index is 13.2. The summed E-state index contributed by atoms with van der Waals surface area (Å²) in [5, 5.41) is 0. The molecule has 10 heteroatoms. The van der Waals surface area contributed by atoms with Crippen LogP contribution >= 0.6 is 0 Å². The Morgan fingerprint density at radius 2 is 1.88 bits per heavy atom. The number of ether oxygens (including phenoxy) is 3. The Hall–Kier alpha value is -3.04. The quantitative estimate of drug-likeness (QED) is 0.412. The Kier molecular flexibility index (Phi) is 8.16. The Morgan fingerprint density at radius 1 is 1.24 bits per heavy atom. The van der Waals surface area contributed by atoms with Gasteiger partial charge in [0.1, 0.15) is 12.4 Å². The maximum Gasteiger partial charge on any atom is 0.471 e. The SMILES string of the molecule is COc1c(C)c2c(c(N(C)C(=O)C(F)(F)F)c1CC=C(C)CCC(=O)OC(C)C)C(=O)OC2. The van der Waals surface area contributed by atoms with Crippen LogP contribution in [-0.2, 0) is 32.1 Å². The van der Waals surface area contributed by atoms with E-state index in [2.05, 4.69) is 0 Å². The molecule has 33 heavy (non-hydrogen) atoms. The molecule has 0 saturated carbocycles. The lowest BCUT2D eigenvalue weighted by Crippen LogP contribution is -2.39. The largest absolute Gasteiger partial charge is 0.496 e. The zero-order valence-corrected chi connectivity index (χ0v) is 19.5. The molecule has 0 N–H and O–H groups in total. The smallest absolute Gasteiger partial charge is 0.471 e. The molecule has 7 nitrogen and oxygen atoms in total. The summed E-state index contributed by atoms with van der Waals surface area (Å²) in [6.45, 7) is 6.82. The number of anilines is 1. The molecule has 1 aliphatic rings. The average molecular weight is 471 g/mol. The van der Waals surface area contributed by atoms with Gasteiger partial charge in [0.2, 0.25) is 0 Å². The third-order valence-electron chi connectivity index (χ3n) is 5.28. The van der Waals surface area contributed by atoms with E-state index in [0.29, 0.717) is 22.4 Å². The Labute approximate surface area is 190 Å². The number of allylic oxidation sites excluding steroid dienone is 2. The molecule has 0 bridgehead atoms. The van der Waals surface area contributed by atoms with Gasteiger partial charge < -0.3 is 19.1 Å². The highest BCUT2D eigenvalue weighted by Gasteiger charge is 2.44. The number of benzene rings is 1. The van der Waals surface area contributed by atoms with E-state index >= 15 is 0 Å². The van der Waals surface area contributed by atoms with E-state index in [1.807, 2.05) is 0 Å². The number of nitrogens with zero attached hydrogens (tertiary/aromatic N) is 1. The monoisotopic (exact) mass is 471 g/mol. The minimum absolute atomic E-state index is 0.0699. The molecule has 0 aliphatic carbocycles. The molecule has 0 aromatic heterocycles. The molecular weight excluding hydrogens is 443 g/mol. The van der Waals surface area contributed by atoms with Crippen LogP contribution in [-0.4, -0.2) is 44.3 Å². The molecule has 182 valence electrons. The molecule has 0 fully saturated rings. The number of amides is 1. The summed E-state index contributed by atoms with van der Waals surface area (Å²) in [5.74, 6) is -3.01. The average Bonchev–Trinajstić information content (AvgIpc) is 3.10. The standard InChI is InChI=1S/C23H28F3NO6/c1-12(2)33-17(28)10-8-13(3)7-9-15-19(27(5)22(30)23(24,25)26)18-16(11-32-21(18)29)14(4)20(15)31-6/h7,12H,8-11H2,1-6H3. The zero-order chi connectivity index (χ0) is 25.1.